The summed E-state index contributed by atoms with van der Waals surface area (Å²) >= 11 is 0. The molecule has 0 spiro atoms. The van der Waals surface area contributed by atoms with Crippen LogP contribution in [0.1, 0.15) is 195 Å². The van der Waals surface area contributed by atoms with Gasteiger partial charge in [0.1, 0.15) is 0 Å². The summed E-state index contributed by atoms with van der Waals surface area (Å²) in [5.41, 5.74) is 13.7. The van der Waals surface area contributed by atoms with Crippen molar-refractivity contribution in [2.45, 2.75) is 162 Å². The van der Waals surface area contributed by atoms with Crippen molar-refractivity contribution < 1.29 is 24.3 Å². The van der Waals surface area contributed by atoms with Crippen molar-refractivity contribution in [2.75, 3.05) is 7.11 Å². The number of aryl methyl sites for hydroxylation is 8. The Labute approximate surface area is 355 Å². The number of carbonyl (C=O) groups is 4. The largest absolute Gasteiger partial charge is 0.400 e. The Morgan fingerprint density at radius 1 is 0.293 bits per heavy atom. The normalized spacial score (nSPS) is 12.2. The smallest absolute Gasteiger partial charge is 0.163 e. The molecule has 322 valence electrons. The summed E-state index contributed by atoms with van der Waals surface area (Å²) in [5, 5.41) is 7.00. The fourth-order valence-corrected chi connectivity index (χ4v) is 6.34. The van der Waals surface area contributed by atoms with Crippen LogP contribution in [0, 0.1) is 27.7 Å². The van der Waals surface area contributed by atoms with E-state index in [9.17, 15) is 19.2 Å². The van der Waals surface area contributed by atoms with E-state index in [2.05, 4.69) is 52.0 Å². The molecule has 0 saturated heterocycles. The highest BCUT2D eigenvalue weighted by atomic mass is 16.2. The standard InChI is InChI=1S/4C10H10O.6C2H6.CH4O/c4*1-7-2-4-9-8(6-7)3-5-10(9)11;7*1-2/h4*2,4,6H,3,5H2,1H3;6*1-2H3;2H,1H3. The van der Waals surface area contributed by atoms with Gasteiger partial charge in [-0.3, -0.25) is 19.2 Å². The van der Waals surface area contributed by atoms with Crippen LogP contribution < -0.4 is 0 Å². The Balaban J connectivity index is -0.000000630. The zero-order valence-electron chi connectivity index (χ0n) is 39.7. The number of fused-ring (bicyclic) bond motifs is 4. The van der Waals surface area contributed by atoms with E-state index in [0.717, 1.165) is 55.0 Å². The molecule has 4 aromatic carbocycles. The second-order valence-corrected chi connectivity index (χ2v) is 12.3. The minimum atomic E-state index is 0.306. The first-order valence-electron chi connectivity index (χ1n) is 22.0. The summed E-state index contributed by atoms with van der Waals surface area (Å²) in [6.07, 6.45) is 6.59. The molecule has 0 aromatic heterocycles. The first-order chi connectivity index (χ1) is 28.1. The molecule has 0 amide bonds. The lowest BCUT2D eigenvalue weighted by molar-refractivity contribution is 0.0986. The van der Waals surface area contributed by atoms with Crippen LogP contribution in [0.15, 0.2) is 72.8 Å². The van der Waals surface area contributed by atoms with Gasteiger partial charge in [-0.1, -0.05) is 178 Å². The second-order valence-electron chi connectivity index (χ2n) is 12.3. The van der Waals surface area contributed by atoms with E-state index in [4.69, 9.17) is 5.11 Å². The Hall–Kier alpha value is -4.48. The molecule has 0 fully saturated rings. The van der Waals surface area contributed by atoms with Crippen LogP contribution in [-0.4, -0.2) is 35.3 Å². The lowest BCUT2D eigenvalue weighted by Crippen LogP contribution is -1.90. The van der Waals surface area contributed by atoms with Crippen molar-refractivity contribution in [2.24, 2.45) is 0 Å². The van der Waals surface area contributed by atoms with Crippen LogP contribution in [0.3, 0.4) is 0 Å². The van der Waals surface area contributed by atoms with Gasteiger partial charge in [0.2, 0.25) is 0 Å². The number of ketones is 4. The average Bonchev–Trinajstić information content (AvgIpc) is 4.05. The van der Waals surface area contributed by atoms with Crippen molar-refractivity contribution in [1.29, 1.82) is 0 Å². The first kappa shape index (κ1) is 57.8. The van der Waals surface area contributed by atoms with Gasteiger partial charge in [-0.05, 0) is 75.6 Å². The number of benzene rings is 4. The van der Waals surface area contributed by atoms with Crippen LogP contribution >= 0.6 is 0 Å². The molecule has 0 saturated carbocycles. The zero-order chi connectivity index (χ0) is 45.4. The van der Waals surface area contributed by atoms with E-state index in [-0.39, 0.29) is 0 Å². The molecule has 58 heavy (non-hydrogen) atoms. The number of hydrogen-bond donors (Lipinski definition) is 1. The third kappa shape index (κ3) is 18.9. The maximum absolute atomic E-state index is 11.2. The lowest BCUT2D eigenvalue weighted by atomic mass is 10.1. The highest BCUT2D eigenvalue weighted by Crippen LogP contribution is 2.25. The number of aliphatic hydroxyl groups excluding tert-OH is 1. The van der Waals surface area contributed by atoms with Crippen molar-refractivity contribution in [1.82, 2.24) is 0 Å². The molecule has 0 unspecified atom stereocenters. The molecule has 5 nitrogen and oxygen atoms in total. The van der Waals surface area contributed by atoms with Gasteiger partial charge in [0.15, 0.2) is 23.1 Å². The monoisotopic (exact) mass is 797 g/mol. The van der Waals surface area contributed by atoms with E-state index in [0.29, 0.717) is 48.8 Å². The van der Waals surface area contributed by atoms with Gasteiger partial charge in [0.05, 0.1) is 0 Å². The molecular formula is C53H80O5. The van der Waals surface area contributed by atoms with Crippen LogP contribution in [0.4, 0.5) is 0 Å². The molecule has 4 aromatic rings. The van der Waals surface area contributed by atoms with Gasteiger partial charge >= 0.3 is 0 Å². The molecule has 1 N–H and O–H groups in total. The van der Waals surface area contributed by atoms with Crippen molar-refractivity contribution in [3.05, 3.63) is 140 Å². The van der Waals surface area contributed by atoms with Crippen LogP contribution in [0.5, 0.6) is 0 Å². The highest BCUT2D eigenvalue weighted by molar-refractivity contribution is 6.02. The highest BCUT2D eigenvalue weighted by Gasteiger charge is 2.20. The van der Waals surface area contributed by atoms with Gasteiger partial charge in [-0.25, -0.2) is 0 Å². The van der Waals surface area contributed by atoms with E-state index in [1.165, 1.54) is 44.5 Å². The summed E-state index contributed by atoms with van der Waals surface area (Å²) in [6, 6.07) is 24.2. The fraction of sp³-hybridized carbons (Fsp3) is 0.472. The summed E-state index contributed by atoms with van der Waals surface area (Å²) in [7, 11) is 1.00. The topological polar surface area (TPSA) is 88.5 Å². The van der Waals surface area contributed by atoms with Crippen LogP contribution in [0.2, 0.25) is 0 Å². The van der Waals surface area contributed by atoms with E-state index in [1.54, 1.807) is 0 Å². The predicted molar refractivity (Wildman–Crippen MR) is 252 cm³/mol. The summed E-state index contributed by atoms with van der Waals surface area (Å²) in [4.78, 5) is 44.7. The Kier molecular flexibility index (Phi) is 34.5. The molecule has 4 aliphatic carbocycles. The first-order valence-corrected chi connectivity index (χ1v) is 22.0. The third-order valence-electron chi connectivity index (χ3n) is 8.73. The average molecular weight is 797 g/mol. The van der Waals surface area contributed by atoms with E-state index >= 15 is 0 Å². The van der Waals surface area contributed by atoms with Gasteiger partial charge in [0.25, 0.3) is 0 Å². The molecular weight excluding hydrogens is 717 g/mol. The summed E-state index contributed by atoms with van der Waals surface area (Å²) in [6.45, 7) is 32.2. The zero-order valence-corrected chi connectivity index (χ0v) is 39.7. The number of carbonyl (C=O) groups excluding carboxylic acids is 4. The van der Waals surface area contributed by atoms with Crippen molar-refractivity contribution in [3.8, 4) is 0 Å². The number of Topliss-reactive ketones (excluding diaryl/α,β-unsaturated/α-hetero) is 4. The number of hydrogen-bond acceptors (Lipinski definition) is 5. The maximum atomic E-state index is 11.2. The minimum absolute atomic E-state index is 0.306. The predicted octanol–water partition coefficient (Wildman–Crippen LogP) is 14.3. The number of aliphatic hydroxyl groups is 1. The molecule has 4 aliphatic rings. The van der Waals surface area contributed by atoms with Gasteiger partial charge in [-0.2, -0.15) is 0 Å². The van der Waals surface area contributed by atoms with Crippen LogP contribution in [0.25, 0.3) is 0 Å². The molecule has 0 heterocycles. The van der Waals surface area contributed by atoms with E-state index in [1.807, 2.05) is 132 Å². The molecule has 5 heteroatoms. The fourth-order valence-electron chi connectivity index (χ4n) is 6.34. The summed E-state index contributed by atoms with van der Waals surface area (Å²) in [5.74, 6) is 1.22. The van der Waals surface area contributed by atoms with Gasteiger partial charge in [-0.15, -0.1) is 0 Å². The van der Waals surface area contributed by atoms with Crippen molar-refractivity contribution >= 4 is 23.1 Å². The quantitative estimate of drug-likeness (QED) is 0.191. The third-order valence-corrected chi connectivity index (χ3v) is 8.73. The van der Waals surface area contributed by atoms with Gasteiger partial charge < -0.3 is 5.11 Å². The molecule has 0 aliphatic heterocycles. The molecule has 0 radical (unpaired) electrons. The Bertz CT molecular complexity index is 1520. The Morgan fingerprint density at radius 3 is 0.603 bits per heavy atom. The lowest BCUT2D eigenvalue weighted by Gasteiger charge is -1.97. The second kappa shape index (κ2) is 34.6. The molecule has 0 atom stereocenters. The van der Waals surface area contributed by atoms with Gasteiger partial charge in [0, 0.05) is 55.0 Å². The maximum Gasteiger partial charge on any atom is 0.163 e. The van der Waals surface area contributed by atoms with Crippen LogP contribution in [-0.2, 0) is 25.7 Å². The van der Waals surface area contributed by atoms with Crippen molar-refractivity contribution in [3.63, 3.8) is 0 Å². The summed E-state index contributed by atoms with van der Waals surface area (Å²) < 4.78 is 0. The minimum Gasteiger partial charge on any atom is -0.400 e. The number of rotatable bonds is 0. The molecule has 0 bridgehead atoms. The SMILES string of the molecule is CC.CC.CC.CC.CC.CC.CO.Cc1ccc2c(c1)CCC2=O.Cc1ccc2c(c1)CCC2=O.Cc1ccc2c(c1)CCC2=O.Cc1ccc2c(c1)CCC2=O. The van der Waals surface area contributed by atoms with E-state index < -0.39 is 0 Å². The Morgan fingerprint density at radius 2 is 0.448 bits per heavy atom. The molecule has 8 rings (SSSR count).